The smallest absolute Gasteiger partial charge is 0.289 e. The molecule has 3 heterocycles. The number of amides is 1. The number of rotatable bonds is 4. The fourth-order valence-corrected chi connectivity index (χ4v) is 4.26. The SMILES string of the molecule is Cc1ccc(OCc2ccc(C(=O)N3CC[C@@H]4CNC[C@@H]4CC3)o2)c(C)c1.Cl. The number of carbonyl (C=O) groups excluding carboxylic acids is 1. The zero-order valence-electron chi connectivity index (χ0n) is 16.6. The second kappa shape index (κ2) is 9.01. The average molecular weight is 405 g/mol. The number of fused-ring (bicyclic) bond motifs is 1. The highest BCUT2D eigenvalue weighted by Gasteiger charge is 2.32. The summed E-state index contributed by atoms with van der Waals surface area (Å²) < 4.78 is 11.7. The highest BCUT2D eigenvalue weighted by Crippen LogP contribution is 2.28. The molecular weight excluding hydrogens is 376 g/mol. The molecule has 1 N–H and O–H groups in total. The Morgan fingerprint density at radius 2 is 1.86 bits per heavy atom. The number of ether oxygens (including phenoxy) is 1. The number of benzene rings is 1. The number of hydrogen-bond acceptors (Lipinski definition) is 4. The number of nitrogens with one attached hydrogen (secondary N) is 1. The van der Waals surface area contributed by atoms with E-state index in [2.05, 4.69) is 18.3 Å². The summed E-state index contributed by atoms with van der Waals surface area (Å²) in [5.74, 6) is 3.36. The normalized spacial score (nSPS) is 21.6. The molecule has 2 atom stereocenters. The van der Waals surface area contributed by atoms with Crippen LogP contribution in [-0.2, 0) is 6.61 Å². The molecule has 1 aromatic carbocycles. The summed E-state index contributed by atoms with van der Waals surface area (Å²) in [5, 5.41) is 3.47. The standard InChI is InChI=1S/C22H28N2O3.ClH/c1-15-3-5-20(16(2)11-15)26-14-19-4-6-21(27-19)22(25)24-9-7-17-12-23-13-18(17)8-10-24;/h3-6,11,17-18,23H,7-10,12-14H2,1-2H3;1H/t17-,18+;. The monoisotopic (exact) mass is 404 g/mol. The quantitative estimate of drug-likeness (QED) is 0.837. The van der Waals surface area contributed by atoms with Crippen molar-refractivity contribution >= 4 is 18.3 Å². The summed E-state index contributed by atoms with van der Waals surface area (Å²) in [4.78, 5) is 14.8. The average Bonchev–Trinajstić information content (AvgIpc) is 3.26. The van der Waals surface area contributed by atoms with Crippen LogP contribution in [0.4, 0.5) is 0 Å². The van der Waals surface area contributed by atoms with Gasteiger partial charge in [-0.2, -0.15) is 0 Å². The largest absolute Gasteiger partial charge is 0.485 e. The molecule has 2 aromatic rings. The lowest BCUT2D eigenvalue weighted by atomic mass is 9.92. The van der Waals surface area contributed by atoms with Gasteiger partial charge in [0.15, 0.2) is 5.76 Å². The molecular formula is C22H29ClN2O3. The van der Waals surface area contributed by atoms with Crippen molar-refractivity contribution in [1.29, 1.82) is 0 Å². The molecule has 2 aliphatic heterocycles. The molecule has 28 heavy (non-hydrogen) atoms. The predicted octanol–water partition coefficient (Wildman–Crippen LogP) is 3.97. The van der Waals surface area contributed by atoms with Gasteiger partial charge in [-0.25, -0.2) is 0 Å². The van der Waals surface area contributed by atoms with E-state index in [1.54, 1.807) is 6.07 Å². The minimum Gasteiger partial charge on any atom is -0.485 e. The van der Waals surface area contributed by atoms with Gasteiger partial charge in [-0.15, -0.1) is 12.4 Å². The van der Waals surface area contributed by atoms with Crippen LogP contribution in [0.15, 0.2) is 34.7 Å². The van der Waals surface area contributed by atoms with Crippen LogP contribution in [0, 0.1) is 25.7 Å². The summed E-state index contributed by atoms with van der Waals surface area (Å²) in [6.45, 7) is 8.23. The zero-order valence-corrected chi connectivity index (χ0v) is 17.4. The maximum Gasteiger partial charge on any atom is 0.289 e. The molecule has 0 unspecified atom stereocenters. The van der Waals surface area contributed by atoms with Crippen LogP contribution in [0.2, 0.25) is 0 Å². The van der Waals surface area contributed by atoms with E-state index in [1.165, 1.54) is 5.56 Å². The molecule has 0 saturated carbocycles. The molecule has 2 fully saturated rings. The van der Waals surface area contributed by atoms with Gasteiger partial charge in [-0.1, -0.05) is 17.7 Å². The van der Waals surface area contributed by atoms with E-state index in [1.807, 2.05) is 30.0 Å². The van der Waals surface area contributed by atoms with Gasteiger partial charge in [0.1, 0.15) is 18.1 Å². The van der Waals surface area contributed by atoms with E-state index in [4.69, 9.17) is 9.15 Å². The number of nitrogens with zero attached hydrogens (tertiary/aromatic N) is 1. The van der Waals surface area contributed by atoms with Gasteiger partial charge in [0.25, 0.3) is 5.91 Å². The molecule has 0 radical (unpaired) electrons. The lowest BCUT2D eigenvalue weighted by Crippen LogP contribution is -2.32. The Balaban J connectivity index is 0.00000225. The highest BCUT2D eigenvalue weighted by atomic mass is 35.5. The van der Waals surface area contributed by atoms with Gasteiger partial charge in [0.05, 0.1) is 0 Å². The first-order chi connectivity index (χ1) is 13.1. The van der Waals surface area contributed by atoms with Crippen molar-refractivity contribution in [2.24, 2.45) is 11.8 Å². The first kappa shape index (κ1) is 20.7. The number of likely N-dealkylation sites (tertiary alicyclic amines) is 1. The van der Waals surface area contributed by atoms with Crippen molar-refractivity contribution in [2.75, 3.05) is 26.2 Å². The number of furan rings is 1. The Morgan fingerprint density at radius 1 is 1.14 bits per heavy atom. The second-order valence-corrected chi connectivity index (χ2v) is 7.87. The molecule has 1 amide bonds. The maximum atomic E-state index is 12.8. The lowest BCUT2D eigenvalue weighted by molar-refractivity contribution is 0.0722. The number of hydrogen-bond donors (Lipinski definition) is 1. The molecule has 0 aliphatic carbocycles. The van der Waals surface area contributed by atoms with E-state index < -0.39 is 0 Å². The van der Waals surface area contributed by atoms with Gasteiger partial charge >= 0.3 is 0 Å². The second-order valence-electron chi connectivity index (χ2n) is 7.87. The highest BCUT2D eigenvalue weighted by molar-refractivity contribution is 5.91. The third kappa shape index (κ3) is 4.53. The van der Waals surface area contributed by atoms with E-state index >= 15 is 0 Å². The Morgan fingerprint density at radius 3 is 2.54 bits per heavy atom. The van der Waals surface area contributed by atoms with E-state index in [-0.39, 0.29) is 18.3 Å². The number of halogens is 1. The topological polar surface area (TPSA) is 54.7 Å². The predicted molar refractivity (Wildman–Crippen MR) is 111 cm³/mol. The zero-order chi connectivity index (χ0) is 18.8. The first-order valence-electron chi connectivity index (χ1n) is 9.89. The summed E-state index contributed by atoms with van der Waals surface area (Å²) in [7, 11) is 0. The summed E-state index contributed by atoms with van der Waals surface area (Å²) in [6, 6.07) is 9.71. The maximum absolute atomic E-state index is 12.8. The van der Waals surface area contributed by atoms with Crippen molar-refractivity contribution in [3.63, 3.8) is 0 Å². The molecule has 5 nitrogen and oxygen atoms in total. The number of carbonyl (C=O) groups is 1. The van der Waals surface area contributed by atoms with Gasteiger partial charge in [0.2, 0.25) is 0 Å². The molecule has 6 heteroatoms. The Hall–Kier alpha value is -1.98. The van der Waals surface area contributed by atoms with Crippen molar-refractivity contribution in [3.05, 3.63) is 53.0 Å². The van der Waals surface area contributed by atoms with E-state index in [0.717, 1.165) is 50.3 Å². The summed E-state index contributed by atoms with van der Waals surface area (Å²) >= 11 is 0. The van der Waals surface area contributed by atoms with E-state index in [0.29, 0.717) is 30.0 Å². The fraction of sp³-hybridized carbons (Fsp3) is 0.500. The Kier molecular flexibility index (Phi) is 6.68. The van der Waals surface area contributed by atoms with Crippen molar-refractivity contribution in [2.45, 2.75) is 33.3 Å². The van der Waals surface area contributed by atoms with Crippen LogP contribution in [0.5, 0.6) is 5.75 Å². The van der Waals surface area contributed by atoms with Crippen molar-refractivity contribution < 1.29 is 13.9 Å². The molecule has 4 rings (SSSR count). The Labute approximate surface area is 172 Å². The van der Waals surface area contributed by atoms with Crippen LogP contribution in [-0.4, -0.2) is 37.0 Å². The van der Waals surface area contributed by atoms with Crippen LogP contribution in [0.1, 0.15) is 40.3 Å². The van der Waals surface area contributed by atoms with E-state index in [9.17, 15) is 4.79 Å². The minimum atomic E-state index is 0. The number of aryl methyl sites for hydroxylation is 2. The van der Waals surface area contributed by atoms with Gasteiger partial charge in [0, 0.05) is 13.1 Å². The van der Waals surface area contributed by atoms with Crippen LogP contribution < -0.4 is 10.1 Å². The van der Waals surface area contributed by atoms with Crippen LogP contribution >= 0.6 is 12.4 Å². The van der Waals surface area contributed by atoms with Gasteiger partial charge < -0.3 is 19.4 Å². The summed E-state index contributed by atoms with van der Waals surface area (Å²) in [5.41, 5.74) is 2.31. The van der Waals surface area contributed by atoms with Crippen molar-refractivity contribution in [3.8, 4) is 5.75 Å². The van der Waals surface area contributed by atoms with Gasteiger partial charge in [-0.05, 0) is 75.4 Å². The third-order valence-corrected chi connectivity index (χ3v) is 5.88. The summed E-state index contributed by atoms with van der Waals surface area (Å²) in [6.07, 6.45) is 2.15. The molecule has 2 aliphatic rings. The lowest BCUT2D eigenvalue weighted by Gasteiger charge is -2.19. The molecule has 152 valence electrons. The van der Waals surface area contributed by atoms with Crippen molar-refractivity contribution in [1.82, 2.24) is 10.2 Å². The molecule has 1 aromatic heterocycles. The minimum absolute atomic E-state index is 0. The van der Waals surface area contributed by atoms with Crippen LogP contribution in [0.3, 0.4) is 0 Å². The van der Waals surface area contributed by atoms with Crippen LogP contribution in [0.25, 0.3) is 0 Å². The van der Waals surface area contributed by atoms with Gasteiger partial charge in [-0.3, -0.25) is 4.79 Å². The molecule has 0 spiro atoms. The fourth-order valence-electron chi connectivity index (χ4n) is 4.26. The first-order valence-corrected chi connectivity index (χ1v) is 9.89. The molecule has 2 saturated heterocycles. The third-order valence-electron chi connectivity index (χ3n) is 5.88. The molecule has 0 bridgehead atoms. The Bertz CT molecular complexity index is 806.